The molecule has 0 bridgehead atoms. The van der Waals surface area contributed by atoms with Gasteiger partial charge < -0.3 is 9.73 Å². The lowest BCUT2D eigenvalue weighted by Crippen LogP contribution is -2.38. The van der Waals surface area contributed by atoms with E-state index < -0.39 is 0 Å². The first-order valence-electron chi connectivity index (χ1n) is 7.29. The average Bonchev–Trinajstić information content (AvgIpc) is 2.80. The minimum Gasteiger partial charge on any atom is -0.468 e. The molecule has 0 aliphatic carbocycles. The molecule has 18 heavy (non-hydrogen) atoms. The molecule has 0 spiro atoms. The van der Waals surface area contributed by atoms with E-state index in [2.05, 4.69) is 23.2 Å². The number of likely N-dealkylation sites (tertiary alicyclic amines) is 1. The second-order valence-electron chi connectivity index (χ2n) is 5.31. The van der Waals surface area contributed by atoms with E-state index in [1.54, 1.807) is 0 Å². The summed E-state index contributed by atoms with van der Waals surface area (Å²) in [5.74, 6) is 1.15. The van der Waals surface area contributed by atoms with Crippen molar-refractivity contribution >= 4 is 0 Å². The fourth-order valence-corrected chi connectivity index (χ4v) is 2.97. The summed E-state index contributed by atoms with van der Waals surface area (Å²) in [4.78, 5) is 2.62. The van der Waals surface area contributed by atoms with E-state index in [1.165, 1.54) is 44.2 Å². The highest BCUT2D eigenvalue weighted by Gasteiger charge is 2.23. The Bertz CT molecular complexity index is 346. The zero-order valence-corrected chi connectivity index (χ0v) is 11.7. The largest absolute Gasteiger partial charge is 0.468 e. The highest BCUT2D eigenvalue weighted by atomic mass is 16.3. The third-order valence-corrected chi connectivity index (χ3v) is 3.92. The first-order chi connectivity index (χ1) is 8.85. The molecule has 102 valence electrons. The highest BCUT2D eigenvalue weighted by molar-refractivity contribution is 5.16. The van der Waals surface area contributed by atoms with Gasteiger partial charge in [-0.3, -0.25) is 4.90 Å². The van der Waals surface area contributed by atoms with Crippen LogP contribution in [0.5, 0.6) is 0 Å². The summed E-state index contributed by atoms with van der Waals surface area (Å²) in [5, 5.41) is 3.21. The van der Waals surface area contributed by atoms with Crippen molar-refractivity contribution < 1.29 is 4.42 Å². The molecule has 0 amide bonds. The Morgan fingerprint density at radius 3 is 3.11 bits per heavy atom. The van der Waals surface area contributed by atoms with E-state index in [0.717, 1.165) is 24.9 Å². The van der Waals surface area contributed by atoms with Gasteiger partial charge in [0, 0.05) is 18.2 Å². The van der Waals surface area contributed by atoms with E-state index in [9.17, 15) is 0 Å². The molecule has 3 nitrogen and oxygen atoms in total. The summed E-state index contributed by atoms with van der Waals surface area (Å²) >= 11 is 0. The smallest absolute Gasteiger partial charge is 0.122 e. The second-order valence-corrected chi connectivity index (χ2v) is 5.31. The fourth-order valence-electron chi connectivity index (χ4n) is 2.97. The predicted octanol–water partition coefficient (Wildman–Crippen LogP) is 3.15. The normalized spacial score (nSPS) is 21.3. The van der Waals surface area contributed by atoms with Gasteiger partial charge in [-0.1, -0.05) is 19.8 Å². The highest BCUT2D eigenvalue weighted by Crippen LogP contribution is 2.24. The van der Waals surface area contributed by atoms with Crippen LogP contribution in [0.4, 0.5) is 0 Å². The number of hydrogen-bond donors (Lipinski definition) is 1. The number of nitrogens with zero attached hydrogens (tertiary/aromatic N) is 1. The molecule has 1 aliphatic heterocycles. The SMILES string of the molecule is CCCC1CCCCN1Cc1occc1CNC. The molecule has 1 aromatic heterocycles. The van der Waals surface area contributed by atoms with Crippen LogP contribution in [-0.2, 0) is 13.1 Å². The molecule has 1 fully saturated rings. The lowest BCUT2D eigenvalue weighted by atomic mass is 9.98. The van der Waals surface area contributed by atoms with Crippen LogP contribution in [0.1, 0.15) is 50.4 Å². The monoisotopic (exact) mass is 250 g/mol. The van der Waals surface area contributed by atoms with Gasteiger partial charge in [-0.25, -0.2) is 0 Å². The molecular formula is C15H26N2O. The van der Waals surface area contributed by atoms with Crippen LogP contribution < -0.4 is 5.32 Å². The summed E-state index contributed by atoms with van der Waals surface area (Å²) in [6.45, 7) is 5.39. The third kappa shape index (κ3) is 3.36. The molecule has 2 rings (SSSR count). The maximum atomic E-state index is 5.66. The van der Waals surface area contributed by atoms with Gasteiger partial charge in [0.05, 0.1) is 12.8 Å². The molecule has 1 aliphatic rings. The van der Waals surface area contributed by atoms with Crippen LogP contribution in [0.3, 0.4) is 0 Å². The van der Waals surface area contributed by atoms with Crippen molar-refractivity contribution in [3.8, 4) is 0 Å². The van der Waals surface area contributed by atoms with Crippen molar-refractivity contribution in [3.05, 3.63) is 23.7 Å². The first-order valence-corrected chi connectivity index (χ1v) is 7.29. The van der Waals surface area contributed by atoms with Gasteiger partial charge in [-0.05, 0) is 38.9 Å². The molecule has 1 unspecified atom stereocenters. The van der Waals surface area contributed by atoms with E-state index in [1.807, 2.05) is 13.3 Å². The Morgan fingerprint density at radius 1 is 1.44 bits per heavy atom. The number of hydrogen-bond acceptors (Lipinski definition) is 3. The second kappa shape index (κ2) is 6.95. The van der Waals surface area contributed by atoms with Gasteiger partial charge in [-0.15, -0.1) is 0 Å². The molecule has 3 heteroatoms. The Labute approximate surface area is 111 Å². The Morgan fingerprint density at radius 2 is 2.33 bits per heavy atom. The molecule has 1 atom stereocenters. The summed E-state index contributed by atoms with van der Waals surface area (Å²) in [6.07, 6.45) is 8.51. The van der Waals surface area contributed by atoms with Crippen LogP contribution in [-0.4, -0.2) is 24.5 Å². The summed E-state index contributed by atoms with van der Waals surface area (Å²) in [5.41, 5.74) is 1.30. The van der Waals surface area contributed by atoms with Gasteiger partial charge >= 0.3 is 0 Å². The molecule has 0 aromatic carbocycles. The van der Waals surface area contributed by atoms with E-state index in [-0.39, 0.29) is 0 Å². The van der Waals surface area contributed by atoms with Crippen molar-refractivity contribution in [1.82, 2.24) is 10.2 Å². The molecule has 0 saturated carbocycles. The minimum absolute atomic E-state index is 0.760. The predicted molar refractivity (Wildman–Crippen MR) is 74.4 cm³/mol. The van der Waals surface area contributed by atoms with E-state index in [0.29, 0.717) is 0 Å². The van der Waals surface area contributed by atoms with Gasteiger partial charge in [-0.2, -0.15) is 0 Å². The zero-order chi connectivity index (χ0) is 12.8. The van der Waals surface area contributed by atoms with E-state index in [4.69, 9.17) is 4.42 Å². The van der Waals surface area contributed by atoms with Crippen molar-refractivity contribution in [2.45, 2.75) is 58.2 Å². The van der Waals surface area contributed by atoms with Gasteiger partial charge in [0.1, 0.15) is 5.76 Å². The van der Waals surface area contributed by atoms with Crippen LogP contribution in [0.2, 0.25) is 0 Å². The quantitative estimate of drug-likeness (QED) is 0.840. The topological polar surface area (TPSA) is 28.4 Å². The average molecular weight is 250 g/mol. The van der Waals surface area contributed by atoms with Gasteiger partial charge in [0.2, 0.25) is 0 Å². The molecule has 0 radical (unpaired) electrons. The molecule has 1 N–H and O–H groups in total. The van der Waals surface area contributed by atoms with Crippen LogP contribution in [0, 0.1) is 0 Å². The van der Waals surface area contributed by atoms with Gasteiger partial charge in [0.25, 0.3) is 0 Å². The van der Waals surface area contributed by atoms with Crippen molar-refractivity contribution in [3.63, 3.8) is 0 Å². The number of nitrogens with one attached hydrogen (secondary N) is 1. The Hall–Kier alpha value is -0.800. The summed E-state index contributed by atoms with van der Waals surface area (Å²) in [6, 6.07) is 2.85. The third-order valence-electron chi connectivity index (χ3n) is 3.92. The standard InChI is InChI=1S/C15H26N2O/c1-3-6-14-7-4-5-9-17(14)12-15-13(11-16-2)8-10-18-15/h8,10,14,16H,3-7,9,11-12H2,1-2H3. The van der Waals surface area contributed by atoms with E-state index >= 15 is 0 Å². The lowest BCUT2D eigenvalue weighted by molar-refractivity contribution is 0.121. The molecule has 2 heterocycles. The molecular weight excluding hydrogens is 224 g/mol. The Kier molecular flexibility index (Phi) is 5.26. The van der Waals surface area contributed by atoms with Crippen LogP contribution >= 0.6 is 0 Å². The van der Waals surface area contributed by atoms with Crippen molar-refractivity contribution in [1.29, 1.82) is 0 Å². The zero-order valence-electron chi connectivity index (χ0n) is 11.7. The number of piperidine rings is 1. The lowest BCUT2D eigenvalue weighted by Gasteiger charge is -2.35. The van der Waals surface area contributed by atoms with Crippen LogP contribution in [0.25, 0.3) is 0 Å². The van der Waals surface area contributed by atoms with Crippen LogP contribution in [0.15, 0.2) is 16.7 Å². The van der Waals surface area contributed by atoms with Crippen molar-refractivity contribution in [2.75, 3.05) is 13.6 Å². The molecule has 1 aromatic rings. The Balaban J connectivity index is 1.99. The fraction of sp³-hybridized carbons (Fsp3) is 0.733. The van der Waals surface area contributed by atoms with Gasteiger partial charge in [0.15, 0.2) is 0 Å². The molecule has 1 saturated heterocycles. The summed E-state index contributed by atoms with van der Waals surface area (Å²) < 4.78 is 5.66. The maximum absolute atomic E-state index is 5.66. The number of rotatable bonds is 6. The number of furan rings is 1. The minimum atomic E-state index is 0.760. The first kappa shape index (κ1) is 13.6. The maximum Gasteiger partial charge on any atom is 0.122 e. The van der Waals surface area contributed by atoms with Crippen molar-refractivity contribution in [2.24, 2.45) is 0 Å². The summed E-state index contributed by atoms with van der Waals surface area (Å²) in [7, 11) is 1.98.